The SMILES string of the molecule is CC1CC(C(=O)Nc2ccnc(C(=O)O)c2)CO1. The van der Waals surface area contributed by atoms with Gasteiger partial charge < -0.3 is 15.2 Å². The van der Waals surface area contributed by atoms with Gasteiger partial charge in [-0.05, 0) is 25.5 Å². The lowest BCUT2D eigenvalue weighted by Gasteiger charge is -2.09. The summed E-state index contributed by atoms with van der Waals surface area (Å²) >= 11 is 0. The molecule has 1 aliphatic heterocycles. The van der Waals surface area contributed by atoms with Crippen LogP contribution in [0, 0.1) is 5.92 Å². The molecule has 2 unspecified atom stereocenters. The standard InChI is InChI=1S/C12H14N2O4/c1-7-4-8(6-18-7)11(15)14-9-2-3-13-10(5-9)12(16)17/h2-3,5,7-8H,4,6H2,1H3,(H,16,17)(H,13,14,15). The van der Waals surface area contributed by atoms with E-state index in [9.17, 15) is 9.59 Å². The zero-order chi connectivity index (χ0) is 13.1. The number of hydrogen-bond donors (Lipinski definition) is 2. The first-order valence-electron chi connectivity index (χ1n) is 5.68. The van der Waals surface area contributed by atoms with Crippen molar-refractivity contribution in [2.75, 3.05) is 11.9 Å². The lowest BCUT2D eigenvalue weighted by atomic mass is 10.1. The summed E-state index contributed by atoms with van der Waals surface area (Å²) in [6, 6.07) is 2.89. The lowest BCUT2D eigenvalue weighted by Crippen LogP contribution is -2.23. The lowest BCUT2D eigenvalue weighted by molar-refractivity contribution is -0.119. The average molecular weight is 250 g/mol. The van der Waals surface area contributed by atoms with Gasteiger partial charge in [-0.3, -0.25) is 4.79 Å². The minimum Gasteiger partial charge on any atom is -0.477 e. The molecular formula is C12H14N2O4. The van der Waals surface area contributed by atoms with Crippen LogP contribution in [0.15, 0.2) is 18.3 Å². The highest BCUT2D eigenvalue weighted by Gasteiger charge is 2.28. The highest BCUT2D eigenvalue weighted by Crippen LogP contribution is 2.20. The van der Waals surface area contributed by atoms with Crippen LogP contribution in [-0.2, 0) is 9.53 Å². The smallest absolute Gasteiger partial charge is 0.354 e. The first kappa shape index (κ1) is 12.5. The molecule has 0 spiro atoms. The number of carboxylic acids is 1. The second-order valence-electron chi connectivity index (χ2n) is 4.30. The monoisotopic (exact) mass is 250 g/mol. The Hall–Kier alpha value is -1.95. The van der Waals surface area contributed by atoms with Gasteiger partial charge in [0.05, 0.1) is 18.6 Å². The van der Waals surface area contributed by atoms with Gasteiger partial charge in [-0.25, -0.2) is 9.78 Å². The summed E-state index contributed by atoms with van der Waals surface area (Å²) in [7, 11) is 0. The van der Waals surface area contributed by atoms with Gasteiger partial charge in [-0.15, -0.1) is 0 Å². The maximum atomic E-state index is 11.9. The Kier molecular flexibility index (Phi) is 3.57. The molecule has 18 heavy (non-hydrogen) atoms. The van der Waals surface area contributed by atoms with E-state index in [1.807, 2.05) is 6.92 Å². The van der Waals surface area contributed by atoms with Gasteiger partial charge in [0.15, 0.2) is 0 Å². The summed E-state index contributed by atoms with van der Waals surface area (Å²) in [5, 5.41) is 11.5. The number of nitrogens with one attached hydrogen (secondary N) is 1. The predicted molar refractivity (Wildman–Crippen MR) is 63.3 cm³/mol. The second kappa shape index (κ2) is 5.14. The van der Waals surface area contributed by atoms with Gasteiger partial charge in [-0.1, -0.05) is 0 Å². The molecule has 1 saturated heterocycles. The fraction of sp³-hybridized carbons (Fsp3) is 0.417. The molecular weight excluding hydrogens is 236 g/mol. The fourth-order valence-electron chi connectivity index (χ4n) is 1.87. The Morgan fingerprint density at radius 2 is 2.33 bits per heavy atom. The maximum Gasteiger partial charge on any atom is 0.354 e. The molecule has 0 aromatic carbocycles. The highest BCUT2D eigenvalue weighted by atomic mass is 16.5. The number of anilines is 1. The van der Waals surface area contributed by atoms with E-state index in [1.54, 1.807) is 6.07 Å². The number of ether oxygens (including phenoxy) is 1. The van der Waals surface area contributed by atoms with Crippen molar-refractivity contribution in [2.24, 2.45) is 5.92 Å². The van der Waals surface area contributed by atoms with Crippen LogP contribution in [0.2, 0.25) is 0 Å². The number of aromatic nitrogens is 1. The molecule has 1 fully saturated rings. The second-order valence-corrected chi connectivity index (χ2v) is 4.30. The van der Waals surface area contributed by atoms with Crippen LogP contribution < -0.4 is 5.32 Å². The molecule has 2 N–H and O–H groups in total. The quantitative estimate of drug-likeness (QED) is 0.839. The summed E-state index contributed by atoms with van der Waals surface area (Å²) < 4.78 is 5.32. The van der Waals surface area contributed by atoms with Crippen LogP contribution in [0.25, 0.3) is 0 Å². The van der Waals surface area contributed by atoms with Crippen LogP contribution in [0.4, 0.5) is 5.69 Å². The number of amides is 1. The van der Waals surface area contributed by atoms with Gasteiger partial charge in [-0.2, -0.15) is 0 Å². The summed E-state index contributed by atoms with van der Waals surface area (Å²) in [6.45, 7) is 2.33. The number of carbonyl (C=O) groups is 2. The van der Waals surface area contributed by atoms with Crippen LogP contribution in [0.3, 0.4) is 0 Å². The highest BCUT2D eigenvalue weighted by molar-refractivity contribution is 5.94. The first-order valence-corrected chi connectivity index (χ1v) is 5.68. The average Bonchev–Trinajstić information content (AvgIpc) is 2.76. The minimum absolute atomic E-state index is 0.0905. The number of carboxylic acid groups (broad SMARTS) is 1. The van der Waals surface area contributed by atoms with E-state index >= 15 is 0 Å². The number of pyridine rings is 1. The molecule has 2 heterocycles. The van der Waals surface area contributed by atoms with Crippen LogP contribution in [0.1, 0.15) is 23.8 Å². The van der Waals surface area contributed by atoms with Crippen molar-refractivity contribution in [1.29, 1.82) is 0 Å². The van der Waals surface area contributed by atoms with E-state index in [2.05, 4.69) is 10.3 Å². The van der Waals surface area contributed by atoms with Crippen molar-refractivity contribution in [3.05, 3.63) is 24.0 Å². The molecule has 1 aromatic rings. The number of nitrogens with zero attached hydrogens (tertiary/aromatic N) is 1. The van der Waals surface area contributed by atoms with E-state index in [0.29, 0.717) is 18.7 Å². The molecule has 2 atom stereocenters. The molecule has 1 amide bonds. The maximum absolute atomic E-state index is 11.9. The van der Waals surface area contributed by atoms with Crippen molar-refractivity contribution in [1.82, 2.24) is 4.98 Å². The van der Waals surface area contributed by atoms with Gasteiger partial charge in [0.2, 0.25) is 5.91 Å². The molecule has 0 radical (unpaired) electrons. The Labute approximate surface area is 104 Å². The third-order valence-electron chi connectivity index (χ3n) is 2.82. The van der Waals surface area contributed by atoms with Gasteiger partial charge in [0, 0.05) is 11.9 Å². The topological polar surface area (TPSA) is 88.5 Å². The van der Waals surface area contributed by atoms with E-state index in [0.717, 1.165) is 0 Å². The molecule has 96 valence electrons. The normalized spacial score (nSPS) is 22.7. The largest absolute Gasteiger partial charge is 0.477 e. The Balaban J connectivity index is 2.03. The molecule has 6 nitrogen and oxygen atoms in total. The predicted octanol–water partition coefficient (Wildman–Crippen LogP) is 1.14. The number of carbonyl (C=O) groups excluding carboxylic acids is 1. The van der Waals surface area contributed by atoms with Crippen molar-refractivity contribution < 1.29 is 19.4 Å². The molecule has 0 bridgehead atoms. The third kappa shape index (κ3) is 2.84. The first-order chi connectivity index (χ1) is 8.56. The molecule has 0 aliphatic carbocycles. The zero-order valence-electron chi connectivity index (χ0n) is 9.92. The minimum atomic E-state index is -1.12. The Morgan fingerprint density at radius 1 is 1.56 bits per heavy atom. The van der Waals surface area contributed by atoms with Gasteiger partial charge in [0.1, 0.15) is 5.69 Å². The van der Waals surface area contributed by atoms with Crippen LogP contribution in [-0.4, -0.2) is 34.7 Å². The van der Waals surface area contributed by atoms with Crippen LogP contribution >= 0.6 is 0 Å². The van der Waals surface area contributed by atoms with Crippen molar-refractivity contribution in [3.8, 4) is 0 Å². The van der Waals surface area contributed by atoms with E-state index < -0.39 is 5.97 Å². The summed E-state index contributed by atoms with van der Waals surface area (Å²) in [4.78, 5) is 26.3. The summed E-state index contributed by atoms with van der Waals surface area (Å²) in [5.74, 6) is -1.45. The van der Waals surface area contributed by atoms with Crippen molar-refractivity contribution in [3.63, 3.8) is 0 Å². The zero-order valence-corrected chi connectivity index (χ0v) is 9.92. The molecule has 6 heteroatoms. The number of aromatic carboxylic acids is 1. The number of hydrogen-bond acceptors (Lipinski definition) is 4. The molecule has 2 rings (SSSR count). The van der Waals surface area contributed by atoms with Gasteiger partial charge >= 0.3 is 5.97 Å². The van der Waals surface area contributed by atoms with E-state index in [-0.39, 0.29) is 23.6 Å². The fourth-order valence-corrected chi connectivity index (χ4v) is 1.87. The van der Waals surface area contributed by atoms with Crippen LogP contribution in [0.5, 0.6) is 0 Å². The summed E-state index contributed by atoms with van der Waals surface area (Å²) in [5.41, 5.74) is 0.343. The van der Waals surface area contributed by atoms with E-state index in [1.165, 1.54) is 12.3 Å². The molecule has 1 aliphatic rings. The number of rotatable bonds is 3. The Bertz CT molecular complexity index is 475. The molecule has 0 saturated carbocycles. The molecule has 1 aromatic heterocycles. The van der Waals surface area contributed by atoms with Crippen molar-refractivity contribution in [2.45, 2.75) is 19.4 Å². The van der Waals surface area contributed by atoms with Crippen molar-refractivity contribution >= 4 is 17.6 Å². The Morgan fingerprint density at radius 3 is 2.94 bits per heavy atom. The third-order valence-corrected chi connectivity index (χ3v) is 2.82. The summed E-state index contributed by atoms with van der Waals surface area (Å²) in [6.07, 6.45) is 2.13. The van der Waals surface area contributed by atoms with E-state index in [4.69, 9.17) is 9.84 Å². The van der Waals surface area contributed by atoms with Gasteiger partial charge in [0.25, 0.3) is 0 Å².